The Bertz CT molecular complexity index is 1080. The molecule has 1 fully saturated rings. The lowest BCUT2D eigenvalue weighted by molar-refractivity contribution is 0.480. The zero-order valence-electron chi connectivity index (χ0n) is 15.1. The van der Waals surface area contributed by atoms with Gasteiger partial charge in [-0.15, -0.1) is 0 Å². The lowest BCUT2D eigenvalue weighted by Gasteiger charge is -2.25. The number of hydrogen-bond donors (Lipinski definition) is 2. The first-order chi connectivity index (χ1) is 13.0. The van der Waals surface area contributed by atoms with Gasteiger partial charge in [0.2, 0.25) is 0 Å². The van der Waals surface area contributed by atoms with Crippen LogP contribution < -0.4 is 10.6 Å². The number of fused-ring (bicyclic) bond motifs is 1. The van der Waals surface area contributed by atoms with E-state index in [-0.39, 0.29) is 0 Å². The van der Waals surface area contributed by atoms with E-state index in [0.717, 1.165) is 53.9 Å². The summed E-state index contributed by atoms with van der Waals surface area (Å²) in [5, 5.41) is 6.98. The molecule has 0 saturated carbocycles. The third kappa shape index (κ3) is 3.94. The Labute approximate surface area is 159 Å². The van der Waals surface area contributed by atoms with E-state index in [9.17, 15) is 8.42 Å². The molecule has 2 aromatic heterocycles. The summed E-state index contributed by atoms with van der Waals surface area (Å²) in [6.45, 7) is 1.99. The van der Waals surface area contributed by atoms with Crippen molar-refractivity contribution in [1.29, 1.82) is 0 Å². The Kier molecular flexibility index (Phi) is 4.80. The summed E-state index contributed by atoms with van der Waals surface area (Å²) in [6, 6.07) is 13.0. The van der Waals surface area contributed by atoms with Crippen LogP contribution in [0.3, 0.4) is 0 Å². The van der Waals surface area contributed by atoms with Gasteiger partial charge in [-0.3, -0.25) is 4.98 Å². The van der Waals surface area contributed by atoms with Gasteiger partial charge in [0.05, 0.1) is 21.8 Å². The second kappa shape index (κ2) is 7.25. The Balaban J connectivity index is 1.74. The van der Waals surface area contributed by atoms with E-state index < -0.39 is 9.84 Å². The van der Waals surface area contributed by atoms with Crippen LogP contribution >= 0.6 is 0 Å². The Morgan fingerprint density at radius 1 is 1.19 bits per heavy atom. The highest BCUT2D eigenvalue weighted by molar-refractivity contribution is 7.90. The van der Waals surface area contributed by atoms with Crippen LogP contribution in [0.5, 0.6) is 0 Å². The molecule has 7 heteroatoms. The predicted molar refractivity (Wildman–Crippen MR) is 108 cm³/mol. The van der Waals surface area contributed by atoms with Gasteiger partial charge in [-0.1, -0.05) is 12.1 Å². The molecular formula is C20H22N4O2S. The van der Waals surface area contributed by atoms with Crippen LogP contribution in [0.1, 0.15) is 12.8 Å². The maximum Gasteiger partial charge on any atom is 0.175 e. The molecular weight excluding hydrogens is 360 g/mol. The molecule has 1 aliphatic heterocycles. The van der Waals surface area contributed by atoms with Crippen molar-refractivity contribution in [3.05, 3.63) is 48.7 Å². The molecule has 0 amide bonds. The monoisotopic (exact) mass is 382 g/mol. The molecule has 0 spiro atoms. The number of aromatic nitrogens is 2. The molecule has 3 heterocycles. The van der Waals surface area contributed by atoms with Gasteiger partial charge in [-0.05, 0) is 49.7 Å². The summed E-state index contributed by atoms with van der Waals surface area (Å²) in [7, 11) is -3.26. The van der Waals surface area contributed by atoms with Crippen molar-refractivity contribution in [2.24, 2.45) is 0 Å². The lowest BCUT2D eigenvalue weighted by atomic mass is 10.1. The molecule has 140 valence electrons. The van der Waals surface area contributed by atoms with E-state index in [1.165, 1.54) is 6.26 Å². The second-order valence-electron chi connectivity index (χ2n) is 6.91. The molecule has 2 N–H and O–H groups in total. The second-order valence-corrected chi connectivity index (χ2v) is 8.93. The number of anilines is 1. The fourth-order valence-electron chi connectivity index (χ4n) is 3.38. The van der Waals surface area contributed by atoms with Crippen molar-refractivity contribution in [2.75, 3.05) is 24.7 Å². The largest absolute Gasteiger partial charge is 0.379 e. The average Bonchev–Trinajstić information content (AvgIpc) is 2.68. The number of nitrogens with zero attached hydrogens (tertiary/aromatic N) is 2. The molecule has 1 aromatic carbocycles. The number of pyridine rings is 2. The van der Waals surface area contributed by atoms with Crippen molar-refractivity contribution in [3.63, 3.8) is 0 Å². The minimum absolute atomic E-state index is 0.291. The Morgan fingerprint density at radius 3 is 2.85 bits per heavy atom. The SMILES string of the molecule is CS(=O)(=O)c1cccc(-c2ccc3nccc(NC4CCCNC4)c3n2)c1. The van der Waals surface area contributed by atoms with Gasteiger partial charge in [0.25, 0.3) is 0 Å². The van der Waals surface area contributed by atoms with E-state index >= 15 is 0 Å². The highest BCUT2D eigenvalue weighted by Gasteiger charge is 2.15. The van der Waals surface area contributed by atoms with Gasteiger partial charge in [0.1, 0.15) is 5.52 Å². The molecule has 0 radical (unpaired) electrons. The summed E-state index contributed by atoms with van der Waals surface area (Å²) < 4.78 is 23.7. The average molecular weight is 382 g/mol. The highest BCUT2D eigenvalue weighted by Crippen LogP contribution is 2.27. The lowest BCUT2D eigenvalue weighted by Crippen LogP contribution is -2.38. The van der Waals surface area contributed by atoms with Crippen LogP contribution in [0, 0.1) is 0 Å². The Morgan fingerprint density at radius 2 is 2.07 bits per heavy atom. The zero-order chi connectivity index (χ0) is 18.9. The fraction of sp³-hybridized carbons (Fsp3) is 0.300. The smallest absolute Gasteiger partial charge is 0.175 e. The minimum Gasteiger partial charge on any atom is -0.379 e. The van der Waals surface area contributed by atoms with Crippen LogP contribution in [-0.2, 0) is 9.84 Å². The molecule has 0 bridgehead atoms. The van der Waals surface area contributed by atoms with E-state index in [1.807, 2.05) is 24.3 Å². The van der Waals surface area contributed by atoms with Gasteiger partial charge >= 0.3 is 0 Å². The van der Waals surface area contributed by atoms with Crippen molar-refractivity contribution >= 4 is 26.6 Å². The standard InChI is InChI=1S/C20H22N4O2S/c1-27(25,26)16-6-2-4-14(12-16)17-7-8-18-20(24-17)19(9-11-22-18)23-15-5-3-10-21-13-15/h2,4,6-9,11-12,15,21H,3,5,10,13H2,1H3,(H,22,23). The first-order valence-corrected chi connectivity index (χ1v) is 10.9. The van der Waals surface area contributed by atoms with Gasteiger partial charge in [-0.2, -0.15) is 0 Å². The Hall–Kier alpha value is -2.51. The van der Waals surface area contributed by atoms with E-state index in [2.05, 4.69) is 15.6 Å². The summed E-state index contributed by atoms with van der Waals surface area (Å²) in [5.74, 6) is 0. The number of hydrogen-bond acceptors (Lipinski definition) is 6. The summed E-state index contributed by atoms with van der Waals surface area (Å²) in [5.41, 5.74) is 4.06. The highest BCUT2D eigenvalue weighted by atomic mass is 32.2. The molecule has 1 atom stereocenters. The van der Waals surface area contributed by atoms with Crippen molar-refractivity contribution < 1.29 is 8.42 Å². The first-order valence-electron chi connectivity index (χ1n) is 9.04. The molecule has 1 unspecified atom stereocenters. The number of nitrogens with one attached hydrogen (secondary N) is 2. The quantitative estimate of drug-likeness (QED) is 0.722. The van der Waals surface area contributed by atoms with Gasteiger partial charge < -0.3 is 10.6 Å². The van der Waals surface area contributed by atoms with E-state index in [1.54, 1.807) is 24.4 Å². The first kappa shape index (κ1) is 17.9. The van der Waals surface area contributed by atoms with E-state index in [0.29, 0.717) is 10.9 Å². The normalized spacial score (nSPS) is 17.7. The predicted octanol–water partition coefficient (Wildman–Crippen LogP) is 2.86. The topological polar surface area (TPSA) is 84.0 Å². The molecule has 6 nitrogen and oxygen atoms in total. The van der Waals surface area contributed by atoms with Crippen molar-refractivity contribution in [2.45, 2.75) is 23.8 Å². The van der Waals surface area contributed by atoms with Crippen LogP contribution in [-0.4, -0.2) is 43.8 Å². The number of piperidine rings is 1. The van der Waals surface area contributed by atoms with E-state index in [4.69, 9.17) is 4.98 Å². The summed E-state index contributed by atoms with van der Waals surface area (Å²) >= 11 is 0. The minimum atomic E-state index is -3.26. The van der Waals surface area contributed by atoms with Crippen molar-refractivity contribution in [3.8, 4) is 11.3 Å². The third-order valence-corrected chi connectivity index (χ3v) is 5.91. The number of rotatable bonds is 4. The molecule has 1 aliphatic rings. The van der Waals surface area contributed by atoms with Crippen LogP contribution in [0.15, 0.2) is 53.6 Å². The zero-order valence-corrected chi connectivity index (χ0v) is 16.0. The maximum atomic E-state index is 11.9. The molecule has 27 heavy (non-hydrogen) atoms. The maximum absolute atomic E-state index is 11.9. The summed E-state index contributed by atoms with van der Waals surface area (Å²) in [6.07, 6.45) is 5.27. The number of benzene rings is 1. The fourth-order valence-corrected chi connectivity index (χ4v) is 4.05. The van der Waals surface area contributed by atoms with Gasteiger partial charge in [0, 0.05) is 30.6 Å². The van der Waals surface area contributed by atoms with Gasteiger partial charge in [-0.25, -0.2) is 13.4 Å². The van der Waals surface area contributed by atoms with Crippen LogP contribution in [0.25, 0.3) is 22.3 Å². The molecule has 4 rings (SSSR count). The van der Waals surface area contributed by atoms with Crippen LogP contribution in [0.4, 0.5) is 5.69 Å². The molecule has 1 saturated heterocycles. The molecule has 0 aliphatic carbocycles. The van der Waals surface area contributed by atoms with Crippen LogP contribution in [0.2, 0.25) is 0 Å². The summed E-state index contributed by atoms with van der Waals surface area (Å²) in [4.78, 5) is 9.50. The number of sulfone groups is 1. The third-order valence-electron chi connectivity index (χ3n) is 4.80. The van der Waals surface area contributed by atoms with Gasteiger partial charge in [0.15, 0.2) is 9.84 Å². The van der Waals surface area contributed by atoms with Crippen molar-refractivity contribution in [1.82, 2.24) is 15.3 Å². The molecule has 3 aromatic rings.